The minimum absolute atomic E-state index is 0.399. The summed E-state index contributed by atoms with van der Waals surface area (Å²) >= 11 is 0. The van der Waals surface area contributed by atoms with Gasteiger partial charge in [0.05, 0.1) is 5.69 Å². The molecule has 1 rings (SSSR count). The van der Waals surface area contributed by atoms with Crippen LogP contribution in [0.25, 0.3) is 0 Å². The number of terminal acetylenes is 1. The second-order valence-corrected chi connectivity index (χ2v) is 2.42. The van der Waals surface area contributed by atoms with Gasteiger partial charge in [0.15, 0.2) is 0 Å². The monoisotopic (exact) mass is 176 g/mol. The van der Waals surface area contributed by atoms with Crippen LogP contribution in [-0.2, 0) is 0 Å². The van der Waals surface area contributed by atoms with Crippen LogP contribution < -0.4 is 16.4 Å². The zero-order valence-corrected chi connectivity index (χ0v) is 7.46. The Morgan fingerprint density at radius 2 is 2.46 bits per heavy atom. The van der Waals surface area contributed by atoms with Crippen molar-refractivity contribution in [1.82, 2.24) is 4.98 Å². The third kappa shape index (κ3) is 2.03. The fourth-order valence-corrected chi connectivity index (χ4v) is 1.02. The Bertz CT molecular complexity index is 327. The first-order valence-corrected chi connectivity index (χ1v) is 3.99. The molecule has 68 valence electrons. The minimum atomic E-state index is 0.399. The van der Waals surface area contributed by atoms with E-state index in [0.29, 0.717) is 11.5 Å². The number of nitrogens with one attached hydrogen (secondary N) is 2. The Balaban J connectivity index is 3.03. The van der Waals surface area contributed by atoms with E-state index in [2.05, 4.69) is 21.7 Å². The van der Waals surface area contributed by atoms with Gasteiger partial charge in [-0.3, -0.25) is 0 Å². The van der Waals surface area contributed by atoms with E-state index >= 15 is 0 Å². The van der Waals surface area contributed by atoms with Crippen LogP contribution in [0.2, 0.25) is 0 Å². The predicted octanol–water partition coefficient (Wildman–Crippen LogP) is 1.10. The molecule has 0 aliphatic heterocycles. The van der Waals surface area contributed by atoms with E-state index in [1.807, 2.05) is 13.0 Å². The van der Waals surface area contributed by atoms with Crippen molar-refractivity contribution < 1.29 is 0 Å². The Labute approximate surface area is 77.5 Å². The maximum absolute atomic E-state index is 5.63. The first kappa shape index (κ1) is 9.20. The number of nitrogens with two attached hydrogens (primary N) is 1. The highest BCUT2D eigenvalue weighted by atomic mass is 15.0. The maximum Gasteiger partial charge on any atom is 0.149 e. The number of anilines is 3. The number of hydrogen-bond acceptors (Lipinski definition) is 4. The van der Waals surface area contributed by atoms with Crippen LogP contribution in [-0.4, -0.2) is 11.5 Å². The molecule has 0 bridgehead atoms. The van der Waals surface area contributed by atoms with Gasteiger partial charge in [-0.2, -0.15) is 0 Å². The van der Waals surface area contributed by atoms with Gasteiger partial charge in [-0.25, -0.2) is 4.98 Å². The third-order valence-corrected chi connectivity index (χ3v) is 1.54. The van der Waals surface area contributed by atoms with Crippen molar-refractivity contribution in [2.45, 2.75) is 6.92 Å². The van der Waals surface area contributed by atoms with Crippen LogP contribution in [0, 0.1) is 12.5 Å². The second-order valence-electron chi connectivity index (χ2n) is 2.42. The van der Waals surface area contributed by atoms with Crippen molar-refractivity contribution in [2.24, 2.45) is 0 Å². The number of pyridine rings is 1. The summed E-state index contributed by atoms with van der Waals surface area (Å²) < 4.78 is 0. The lowest BCUT2D eigenvalue weighted by atomic mass is 10.3. The SMILES string of the molecule is C#CNc1c(NCC)ccnc1N. The summed E-state index contributed by atoms with van der Waals surface area (Å²) in [6.45, 7) is 2.80. The summed E-state index contributed by atoms with van der Waals surface area (Å²) in [5.41, 5.74) is 7.16. The lowest BCUT2D eigenvalue weighted by molar-refractivity contribution is 1.20. The average Bonchev–Trinajstić information content (AvgIpc) is 2.11. The molecular weight excluding hydrogens is 164 g/mol. The van der Waals surface area contributed by atoms with Gasteiger partial charge >= 0.3 is 0 Å². The summed E-state index contributed by atoms with van der Waals surface area (Å²) in [4.78, 5) is 3.92. The lowest BCUT2D eigenvalue weighted by Gasteiger charge is -2.10. The predicted molar refractivity (Wildman–Crippen MR) is 55.3 cm³/mol. The summed E-state index contributed by atoms with van der Waals surface area (Å²) in [6, 6.07) is 4.13. The highest BCUT2D eigenvalue weighted by Crippen LogP contribution is 2.25. The molecule has 1 aromatic heterocycles. The fourth-order valence-electron chi connectivity index (χ4n) is 1.02. The topological polar surface area (TPSA) is 63.0 Å². The van der Waals surface area contributed by atoms with Crippen molar-refractivity contribution in [3.8, 4) is 12.5 Å². The Morgan fingerprint density at radius 3 is 3.08 bits per heavy atom. The van der Waals surface area contributed by atoms with Gasteiger partial charge in [-0.15, -0.1) is 0 Å². The van der Waals surface area contributed by atoms with Gasteiger partial charge < -0.3 is 16.4 Å². The highest BCUT2D eigenvalue weighted by Gasteiger charge is 2.04. The Hall–Kier alpha value is -1.89. The lowest BCUT2D eigenvalue weighted by Crippen LogP contribution is -2.04. The van der Waals surface area contributed by atoms with Crippen molar-refractivity contribution >= 4 is 17.2 Å². The van der Waals surface area contributed by atoms with Crippen LogP contribution in [0.5, 0.6) is 0 Å². The molecule has 0 radical (unpaired) electrons. The Kier molecular flexibility index (Phi) is 2.98. The highest BCUT2D eigenvalue weighted by molar-refractivity contribution is 5.79. The van der Waals surface area contributed by atoms with Crippen LogP contribution >= 0.6 is 0 Å². The van der Waals surface area contributed by atoms with Gasteiger partial charge in [0.25, 0.3) is 0 Å². The van der Waals surface area contributed by atoms with E-state index in [9.17, 15) is 0 Å². The van der Waals surface area contributed by atoms with E-state index in [-0.39, 0.29) is 0 Å². The summed E-state index contributed by atoms with van der Waals surface area (Å²) in [6.07, 6.45) is 6.76. The summed E-state index contributed by atoms with van der Waals surface area (Å²) in [5, 5.41) is 5.83. The molecule has 0 amide bonds. The number of nitrogen functional groups attached to an aromatic ring is 1. The van der Waals surface area contributed by atoms with Crippen molar-refractivity contribution in [3.05, 3.63) is 12.3 Å². The molecule has 0 aliphatic carbocycles. The van der Waals surface area contributed by atoms with Crippen LogP contribution in [0.15, 0.2) is 12.3 Å². The van der Waals surface area contributed by atoms with E-state index in [1.165, 1.54) is 0 Å². The molecule has 0 aliphatic rings. The molecule has 0 atom stereocenters. The normalized spacial score (nSPS) is 8.92. The van der Waals surface area contributed by atoms with Crippen molar-refractivity contribution in [1.29, 1.82) is 0 Å². The van der Waals surface area contributed by atoms with Gasteiger partial charge in [-0.1, -0.05) is 6.42 Å². The van der Waals surface area contributed by atoms with Gasteiger partial charge in [-0.05, 0) is 13.0 Å². The molecule has 0 aromatic carbocycles. The molecule has 13 heavy (non-hydrogen) atoms. The van der Waals surface area contributed by atoms with E-state index < -0.39 is 0 Å². The van der Waals surface area contributed by atoms with E-state index in [0.717, 1.165) is 12.2 Å². The number of nitrogens with zero attached hydrogens (tertiary/aromatic N) is 1. The van der Waals surface area contributed by atoms with Gasteiger partial charge in [0, 0.05) is 18.8 Å². The fraction of sp³-hybridized carbons (Fsp3) is 0.222. The van der Waals surface area contributed by atoms with Crippen molar-refractivity contribution in [3.63, 3.8) is 0 Å². The Morgan fingerprint density at radius 1 is 1.69 bits per heavy atom. The summed E-state index contributed by atoms with van der Waals surface area (Å²) in [7, 11) is 0. The van der Waals surface area contributed by atoms with Crippen LogP contribution in [0.1, 0.15) is 6.92 Å². The molecule has 0 saturated carbocycles. The van der Waals surface area contributed by atoms with Crippen LogP contribution in [0.3, 0.4) is 0 Å². The number of rotatable bonds is 3. The zero-order chi connectivity index (χ0) is 9.68. The molecule has 1 heterocycles. The molecule has 0 saturated heterocycles. The van der Waals surface area contributed by atoms with Gasteiger partial charge in [0.1, 0.15) is 11.5 Å². The largest absolute Gasteiger partial charge is 0.383 e. The van der Waals surface area contributed by atoms with E-state index in [4.69, 9.17) is 12.2 Å². The molecule has 0 spiro atoms. The average molecular weight is 176 g/mol. The number of aromatic nitrogens is 1. The van der Waals surface area contributed by atoms with Crippen molar-refractivity contribution in [2.75, 3.05) is 22.9 Å². The molecule has 4 nitrogen and oxygen atoms in total. The first-order chi connectivity index (χ1) is 6.29. The quantitative estimate of drug-likeness (QED) is 0.476. The molecular formula is C9H12N4. The molecule has 4 N–H and O–H groups in total. The maximum atomic E-state index is 5.63. The summed E-state index contributed by atoms with van der Waals surface area (Å²) in [5.74, 6) is 0.399. The second kappa shape index (κ2) is 4.21. The minimum Gasteiger partial charge on any atom is -0.383 e. The van der Waals surface area contributed by atoms with Crippen LogP contribution in [0.4, 0.5) is 17.2 Å². The van der Waals surface area contributed by atoms with E-state index in [1.54, 1.807) is 6.20 Å². The molecule has 4 heteroatoms. The zero-order valence-electron chi connectivity index (χ0n) is 7.46. The molecule has 0 unspecified atom stereocenters. The third-order valence-electron chi connectivity index (χ3n) is 1.54. The molecule has 1 aromatic rings. The van der Waals surface area contributed by atoms with Gasteiger partial charge in [0.2, 0.25) is 0 Å². The standard InChI is InChI=1S/C9H12N4/c1-3-11-7-5-6-13-9(10)8(7)12-4-2/h2,5-6,12H,3H2,1H3,(H3,10,11,13). The molecule has 0 fully saturated rings. The number of hydrogen-bond donors (Lipinski definition) is 3. The first-order valence-electron chi connectivity index (χ1n) is 3.99. The smallest absolute Gasteiger partial charge is 0.149 e.